The highest BCUT2D eigenvalue weighted by molar-refractivity contribution is 6.59. The number of epoxide rings is 1. The van der Waals surface area contributed by atoms with E-state index >= 15 is 0 Å². The highest BCUT2D eigenvalue weighted by atomic mass is 28.3. The number of aliphatic hydroxyl groups is 1. The zero-order chi connectivity index (χ0) is 25.8. The van der Waals surface area contributed by atoms with E-state index < -0.39 is 17.6 Å². The van der Waals surface area contributed by atoms with E-state index in [0.717, 1.165) is 25.7 Å². The first-order valence-electron chi connectivity index (χ1n) is 12.8. The minimum Gasteiger partial charge on any atom is -0.393 e. The summed E-state index contributed by atoms with van der Waals surface area (Å²) in [6, 6.07) is -0.695. The summed E-state index contributed by atoms with van der Waals surface area (Å²) >= 11 is 0. The molecule has 0 aliphatic carbocycles. The van der Waals surface area contributed by atoms with E-state index in [1.807, 2.05) is 13.8 Å². The van der Waals surface area contributed by atoms with Gasteiger partial charge in [-0.05, 0) is 23.8 Å². The Morgan fingerprint density at radius 2 is 1.64 bits per heavy atom. The van der Waals surface area contributed by atoms with Crippen molar-refractivity contribution in [2.75, 3.05) is 13.2 Å². The van der Waals surface area contributed by atoms with Gasteiger partial charge >= 0.3 is 0 Å². The Morgan fingerprint density at radius 3 is 2.03 bits per heavy atom. The predicted molar refractivity (Wildman–Crippen MR) is 138 cm³/mol. The number of Topliss-reactive ketones (excluding diaryl/α,β-unsaturated/α-hetero) is 2. The molecule has 7 heteroatoms. The van der Waals surface area contributed by atoms with Crippen molar-refractivity contribution in [1.29, 1.82) is 0 Å². The van der Waals surface area contributed by atoms with E-state index in [2.05, 4.69) is 46.1 Å². The number of hydrogen-bond donors (Lipinski definition) is 2. The largest absolute Gasteiger partial charge is 0.393 e. The molecule has 0 spiro atoms. The van der Waals surface area contributed by atoms with Gasteiger partial charge in [-0.3, -0.25) is 14.4 Å². The summed E-state index contributed by atoms with van der Waals surface area (Å²) in [5.74, 6) is -0.747. The fourth-order valence-electron chi connectivity index (χ4n) is 3.02. The summed E-state index contributed by atoms with van der Waals surface area (Å²) in [4.78, 5) is 37.1. The lowest BCUT2D eigenvalue weighted by molar-refractivity contribution is -0.134. The summed E-state index contributed by atoms with van der Waals surface area (Å²) in [5, 5.41) is 12.8. The molecule has 1 aliphatic rings. The molecule has 1 aliphatic heterocycles. The van der Waals surface area contributed by atoms with Crippen molar-refractivity contribution in [3.63, 3.8) is 0 Å². The van der Waals surface area contributed by atoms with Crippen molar-refractivity contribution >= 4 is 26.3 Å². The number of nitrogens with one attached hydrogen (secondary N) is 1. The molecule has 33 heavy (non-hydrogen) atoms. The van der Waals surface area contributed by atoms with Gasteiger partial charge in [0.2, 0.25) is 5.91 Å². The van der Waals surface area contributed by atoms with Gasteiger partial charge in [0.15, 0.2) is 11.4 Å². The molecular formula is C26H51NO5Si. The number of carbonyl (C=O) groups is 3. The second-order valence-corrected chi connectivity index (χ2v) is 15.5. The maximum atomic E-state index is 12.6. The minimum atomic E-state index is -1.15. The second-order valence-electron chi connectivity index (χ2n) is 11.5. The molecule has 1 saturated heterocycles. The van der Waals surface area contributed by atoms with Crippen LogP contribution in [-0.4, -0.2) is 56.2 Å². The first-order valence-corrected chi connectivity index (χ1v) is 15.7. The van der Waals surface area contributed by atoms with E-state index in [-0.39, 0.29) is 51.8 Å². The average Bonchev–Trinajstić information content (AvgIpc) is 3.50. The van der Waals surface area contributed by atoms with Crippen molar-refractivity contribution in [2.24, 2.45) is 11.8 Å². The third-order valence-corrected chi connectivity index (χ3v) is 10.0. The van der Waals surface area contributed by atoms with Gasteiger partial charge in [0.1, 0.15) is 5.78 Å². The number of rotatable bonds is 14. The molecule has 0 bridgehead atoms. The van der Waals surface area contributed by atoms with Gasteiger partial charge in [0, 0.05) is 27.6 Å². The topological polar surface area (TPSA) is 96.0 Å². The fraction of sp³-hybridized carbons (Fsp3) is 0.885. The summed E-state index contributed by atoms with van der Waals surface area (Å²) in [6.07, 6.45) is 5.33. The fourth-order valence-corrected chi connectivity index (χ4v) is 3.02. The molecule has 6 nitrogen and oxygen atoms in total. The quantitative estimate of drug-likeness (QED) is 0.211. The van der Waals surface area contributed by atoms with Crippen LogP contribution in [0, 0.1) is 11.8 Å². The second kappa shape index (κ2) is 15.0. The van der Waals surface area contributed by atoms with Gasteiger partial charge in [0.25, 0.3) is 0 Å². The van der Waals surface area contributed by atoms with Crippen LogP contribution in [0.3, 0.4) is 0 Å². The lowest BCUT2D eigenvalue weighted by Crippen LogP contribution is -2.50. The molecule has 3 atom stereocenters. The number of ether oxygens (including phenoxy) is 1. The summed E-state index contributed by atoms with van der Waals surface area (Å²) in [7, 11) is -0.359. The summed E-state index contributed by atoms with van der Waals surface area (Å²) in [5.41, 5.74) is -1.15. The van der Waals surface area contributed by atoms with Gasteiger partial charge in [0.05, 0.1) is 19.3 Å². The van der Waals surface area contributed by atoms with Crippen LogP contribution in [0.25, 0.3) is 0 Å². The molecular weight excluding hydrogens is 434 g/mol. The Kier molecular flexibility index (Phi) is 14.6. The lowest BCUT2D eigenvalue weighted by atomic mass is 9.92. The molecule has 0 aromatic carbocycles. The van der Waals surface area contributed by atoms with Crippen LogP contribution in [0.4, 0.5) is 0 Å². The standard InChI is InChI=1S/C20H35NO5.C6H16Si/c1-5-6-7-8-9-16(23)11-15(4)19(25)21-17(10-14(2)3)18(24)20(12-22)13-26-20;1-6(2,3)7(4)5/h14-15,17,22H,5-13H2,1-4H3,(H,21,25);7H,1-5H3/t15-,17+,20-;/m1./s1. The molecule has 0 radical (unpaired) electrons. The number of amides is 1. The monoisotopic (exact) mass is 485 g/mol. The van der Waals surface area contributed by atoms with Crippen molar-refractivity contribution in [3.05, 3.63) is 0 Å². The third kappa shape index (κ3) is 12.8. The van der Waals surface area contributed by atoms with E-state index in [1.165, 1.54) is 0 Å². The molecule has 0 saturated carbocycles. The zero-order valence-corrected chi connectivity index (χ0v) is 23.9. The van der Waals surface area contributed by atoms with Gasteiger partial charge in [-0.1, -0.05) is 80.8 Å². The number of ketones is 2. The van der Waals surface area contributed by atoms with Crippen molar-refractivity contribution < 1.29 is 24.2 Å². The van der Waals surface area contributed by atoms with Gasteiger partial charge < -0.3 is 15.2 Å². The molecule has 194 valence electrons. The first kappa shape index (κ1) is 31.9. The molecule has 1 heterocycles. The normalized spacial score (nSPS) is 19.5. The van der Waals surface area contributed by atoms with Gasteiger partial charge in [-0.15, -0.1) is 0 Å². The lowest BCUT2D eigenvalue weighted by Gasteiger charge is -2.23. The van der Waals surface area contributed by atoms with E-state index in [0.29, 0.717) is 17.9 Å². The SMILES string of the molecule is CCCCCCC(=O)C[C@@H](C)C(=O)N[C@@H](CC(C)C)C(=O)[C@@]1(CO)CO1.C[SiH](C)C(C)(C)C. The highest BCUT2D eigenvalue weighted by Crippen LogP contribution is 2.30. The van der Waals surface area contributed by atoms with Crippen LogP contribution < -0.4 is 5.32 Å². The van der Waals surface area contributed by atoms with Crippen LogP contribution >= 0.6 is 0 Å². The zero-order valence-electron chi connectivity index (χ0n) is 22.8. The van der Waals surface area contributed by atoms with Crippen molar-refractivity contribution in [3.8, 4) is 0 Å². The Balaban J connectivity index is 0.00000126. The number of hydrogen-bond acceptors (Lipinski definition) is 5. The highest BCUT2D eigenvalue weighted by Gasteiger charge is 2.54. The van der Waals surface area contributed by atoms with Crippen LogP contribution in [0.5, 0.6) is 0 Å². The smallest absolute Gasteiger partial charge is 0.223 e. The van der Waals surface area contributed by atoms with E-state index in [9.17, 15) is 19.5 Å². The molecule has 1 fully saturated rings. The molecule has 2 N–H and O–H groups in total. The Bertz CT molecular complexity index is 608. The van der Waals surface area contributed by atoms with E-state index in [4.69, 9.17) is 4.74 Å². The van der Waals surface area contributed by atoms with Gasteiger partial charge in [-0.2, -0.15) is 0 Å². The average molecular weight is 486 g/mol. The Morgan fingerprint density at radius 1 is 1.09 bits per heavy atom. The summed E-state index contributed by atoms with van der Waals surface area (Å²) in [6.45, 7) is 19.3. The predicted octanol–water partition coefficient (Wildman–Crippen LogP) is 4.69. The van der Waals surface area contributed by atoms with Gasteiger partial charge in [-0.25, -0.2) is 0 Å². The molecule has 1 amide bonds. The van der Waals surface area contributed by atoms with Crippen molar-refractivity contribution in [2.45, 2.75) is 123 Å². The van der Waals surface area contributed by atoms with Crippen LogP contribution in [0.2, 0.25) is 18.1 Å². The van der Waals surface area contributed by atoms with Crippen LogP contribution in [0.15, 0.2) is 0 Å². The Hall–Kier alpha value is -1.05. The molecule has 0 aromatic rings. The van der Waals surface area contributed by atoms with E-state index in [1.54, 1.807) is 6.92 Å². The third-order valence-electron chi connectivity index (χ3n) is 6.56. The number of unbranched alkanes of at least 4 members (excludes halogenated alkanes) is 3. The molecule has 1 rings (SSSR count). The minimum absolute atomic E-state index is 0.0906. The number of carbonyl (C=O) groups excluding carboxylic acids is 3. The Labute approximate surface area is 204 Å². The van der Waals surface area contributed by atoms with Crippen molar-refractivity contribution in [1.82, 2.24) is 5.32 Å². The van der Waals surface area contributed by atoms with Crippen LogP contribution in [0.1, 0.15) is 93.4 Å². The van der Waals surface area contributed by atoms with Crippen LogP contribution in [-0.2, 0) is 19.1 Å². The maximum absolute atomic E-state index is 12.6. The summed E-state index contributed by atoms with van der Waals surface area (Å²) < 4.78 is 5.14. The molecule has 0 aromatic heterocycles. The number of aliphatic hydroxyl groups excluding tert-OH is 1. The molecule has 0 unspecified atom stereocenters. The maximum Gasteiger partial charge on any atom is 0.223 e. The first-order chi connectivity index (χ1) is 15.2.